The molecule has 1 amide bonds. The number of benzene rings is 2. The predicted molar refractivity (Wildman–Crippen MR) is 159 cm³/mol. The van der Waals surface area contributed by atoms with E-state index in [0.29, 0.717) is 34.9 Å². The summed E-state index contributed by atoms with van der Waals surface area (Å²) in [5, 5.41) is 0.451. The van der Waals surface area contributed by atoms with Gasteiger partial charge >= 0.3 is 12.6 Å². The van der Waals surface area contributed by atoms with Gasteiger partial charge in [0.05, 0.1) is 29.3 Å². The Morgan fingerprint density at radius 2 is 1.84 bits per heavy atom. The summed E-state index contributed by atoms with van der Waals surface area (Å²) in [5.74, 6) is -0.942. The molecule has 0 saturated heterocycles. The molecule has 0 radical (unpaired) electrons. The van der Waals surface area contributed by atoms with Gasteiger partial charge in [-0.3, -0.25) is 19.3 Å². The van der Waals surface area contributed by atoms with Crippen LogP contribution in [-0.2, 0) is 37.2 Å². The Morgan fingerprint density at radius 1 is 1.11 bits per heavy atom. The first-order valence-electron chi connectivity index (χ1n) is 13.5. The number of carbonyl (C=O) groups excluding carboxylic acids is 2. The molecule has 0 bridgehead atoms. The standard InChI is InChI=1S/C29H27Cl2F2N3O7S/c1-44(39,40)35-19-5-6-23-18(8-19)10-27(37)36(23)14-28(38)42-25(11-20-21(30)12-34-13-22(20)31)17-4-7-24(43-29(32)33)26(9-17)41-15-16-2-3-16/h4-9,12-13,16,25,29,35H,2-3,10-11,14-15H2,1H3/t25-/m0/s1. The molecule has 3 aromatic rings. The molecule has 10 nitrogen and oxygen atoms in total. The maximum absolute atomic E-state index is 13.3. The van der Waals surface area contributed by atoms with Crippen molar-refractivity contribution in [3.05, 3.63) is 75.5 Å². The van der Waals surface area contributed by atoms with E-state index in [1.807, 2.05) is 0 Å². The van der Waals surface area contributed by atoms with Gasteiger partial charge in [-0.15, -0.1) is 0 Å². The zero-order valence-electron chi connectivity index (χ0n) is 23.3. The lowest BCUT2D eigenvalue weighted by Crippen LogP contribution is -2.34. The third kappa shape index (κ3) is 8.07. The summed E-state index contributed by atoms with van der Waals surface area (Å²) in [5.41, 5.74) is 2.08. The molecule has 5 rings (SSSR count). The van der Waals surface area contributed by atoms with Crippen LogP contribution in [0.5, 0.6) is 11.5 Å². The third-order valence-corrected chi connectivity index (χ3v) is 8.20. The van der Waals surface area contributed by atoms with Gasteiger partial charge in [0.15, 0.2) is 11.5 Å². The van der Waals surface area contributed by atoms with Crippen molar-refractivity contribution in [3.8, 4) is 11.5 Å². The number of amides is 1. The van der Waals surface area contributed by atoms with Gasteiger partial charge < -0.3 is 19.1 Å². The van der Waals surface area contributed by atoms with Crippen molar-refractivity contribution in [3.63, 3.8) is 0 Å². The highest BCUT2D eigenvalue weighted by Gasteiger charge is 2.32. The summed E-state index contributed by atoms with van der Waals surface area (Å²) in [6.07, 6.45) is 4.65. The largest absolute Gasteiger partial charge is 0.489 e. The zero-order valence-corrected chi connectivity index (χ0v) is 25.6. The number of alkyl halides is 2. The van der Waals surface area contributed by atoms with Crippen LogP contribution >= 0.6 is 23.2 Å². The van der Waals surface area contributed by atoms with Gasteiger partial charge in [-0.1, -0.05) is 29.3 Å². The fourth-order valence-corrected chi connectivity index (χ4v) is 5.80. The van der Waals surface area contributed by atoms with Crippen molar-refractivity contribution in [1.82, 2.24) is 4.98 Å². The minimum Gasteiger partial charge on any atom is -0.489 e. The van der Waals surface area contributed by atoms with Crippen LogP contribution in [0.2, 0.25) is 10.0 Å². The van der Waals surface area contributed by atoms with Crippen molar-refractivity contribution in [2.45, 2.75) is 38.4 Å². The van der Waals surface area contributed by atoms with E-state index in [1.165, 1.54) is 47.6 Å². The van der Waals surface area contributed by atoms with Crippen LogP contribution in [0.25, 0.3) is 0 Å². The second kappa shape index (κ2) is 13.1. The lowest BCUT2D eigenvalue weighted by atomic mass is 10.0. The first-order chi connectivity index (χ1) is 20.9. The Morgan fingerprint density at radius 3 is 2.50 bits per heavy atom. The summed E-state index contributed by atoms with van der Waals surface area (Å²) in [6, 6.07) is 8.80. The minimum absolute atomic E-state index is 0.00586. The topological polar surface area (TPSA) is 124 Å². The van der Waals surface area contributed by atoms with E-state index in [0.717, 1.165) is 19.1 Å². The number of fused-ring (bicyclic) bond motifs is 1. The Labute approximate surface area is 262 Å². The molecule has 1 fully saturated rings. The Balaban J connectivity index is 1.40. The Hall–Kier alpha value is -3.68. The molecule has 2 heterocycles. The number of hydrogen-bond acceptors (Lipinski definition) is 8. The van der Waals surface area contributed by atoms with Crippen LogP contribution in [0.3, 0.4) is 0 Å². The maximum Gasteiger partial charge on any atom is 0.387 e. The summed E-state index contributed by atoms with van der Waals surface area (Å²) in [7, 11) is -3.53. The van der Waals surface area contributed by atoms with Crippen molar-refractivity contribution in [2.75, 3.05) is 29.0 Å². The number of halogens is 4. The van der Waals surface area contributed by atoms with E-state index in [9.17, 15) is 26.8 Å². The summed E-state index contributed by atoms with van der Waals surface area (Å²) >= 11 is 12.7. The van der Waals surface area contributed by atoms with E-state index in [1.54, 1.807) is 6.07 Å². The lowest BCUT2D eigenvalue weighted by molar-refractivity contribution is -0.148. The SMILES string of the molecule is CS(=O)(=O)Nc1ccc2c(c1)CC(=O)N2CC(=O)O[C@@H](Cc1c(Cl)cncc1Cl)c1ccc(OC(F)F)c(OCC2CC2)c1. The van der Waals surface area contributed by atoms with E-state index in [-0.39, 0.29) is 46.0 Å². The molecule has 44 heavy (non-hydrogen) atoms. The number of sulfonamides is 1. The molecule has 234 valence electrons. The second-order valence-electron chi connectivity index (χ2n) is 10.5. The van der Waals surface area contributed by atoms with Crippen molar-refractivity contribution < 1.29 is 41.0 Å². The molecular formula is C29H27Cl2F2N3O7S. The molecule has 1 atom stereocenters. The zero-order chi connectivity index (χ0) is 31.6. The van der Waals surface area contributed by atoms with Crippen LogP contribution in [0.1, 0.15) is 35.6 Å². The van der Waals surface area contributed by atoms with E-state index < -0.39 is 35.3 Å². The Bertz CT molecular complexity index is 1670. The number of pyridine rings is 1. The molecule has 15 heteroatoms. The van der Waals surface area contributed by atoms with Crippen LogP contribution in [0.15, 0.2) is 48.8 Å². The molecule has 1 N–H and O–H groups in total. The first-order valence-corrected chi connectivity index (χ1v) is 16.1. The van der Waals surface area contributed by atoms with E-state index >= 15 is 0 Å². The summed E-state index contributed by atoms with van der Waals surface area (Å²) < 4.78 is 68.1. The van der Waals surface area contributed by atoms with Crippen LogP contribution in [0, 0.1) is 5.92 Å². The molecule has 1 aromatic heterocycles. The molecule has 0 spiro atoms. The van der Waals surface area contributed by atoms with Crippen LogP contribution < -0.4 is 19.1 Å². The number of ether oxygens (including phenoxy) is 3. The molecule has 1 aliphatic carbocycles. The average molecular weight is 671 g/mol. The molecule has 2 aromatic carbocycles. The van der Waals surface area contributed by atoms with E-state index in [2.05, 4.69) is 14.4 Å². The Kier molecular flexibility index (Phi) is 9.47. The highest BCUT2D eigenvalue weighted by atomic mass is 35.5. The van der Waals surface area contributed by atoms with Crippen LogP contribution in [-0.4, -0.2) is 51.3 Å². The average Bonchev–Trinajstić information content (AvgIpc) is 3.71. The molecule has 2 aliphatic rings. The van der Waals surface area contributed by atoms with Crippen LogP contribution in [0.4, 0.5) is 20.2 Å². The molecular weight excluding hydrogens is 643 g/mol. The smallest absolute Gasteiger partial charge is 0.387 e. The van der Waals surface area contributed by atoms with Gasteiger partial charge in [0.25, 0.3) is 0 Å². The maximum atomic E-state index is 13.3. The third-order valence-electron chi connectivity index (χ3n) is 6.95. The summed E-state index contributed by atoms with van der Waals surface area (Å²) in [6.45, 7) is -3.21. The highest BCUT2D eigenvalue weighted by Crippen LogP contribution is 2.38. The van der Waals surface area contributed by atoms with Gasteiger partial charge in [-0.05, 0) is 65.8 Å². The van der Waals surface area contributed by atoms with Gasteiger partial charge in [0.2, 0.25) is 15.9 Å². The number of anilines is 2. The number of nitrogens with zero attached hydrogens (tertiary/aromatic N) is 2. The first kappa shape index (κ1) is 31.7. The van der Waals surface area contributed by atoms with Gasteiger partial charge in [0.1, 0.15) is 12.6 Å². The fourth-order valence-electron chi connectivity index (χ4n) is 4.73. The van der Waals surface area contributed by atoms with Gasteiger partial charge in [0, 0.05) is 30.2 Å². The van der Waals surface area contributed by atoms with Crippen molar-refractivity contribution >= 4 is 56.5 Å². The molecule has 0 unspecified atom stereocenters. The predicted octanol–water partition coefficient (Wildman–Crippen LogP) is 5.57. The fraction of sp³-hybridized carbons (Fsp3) is 0.345. The van der Waals surface area contributed by atoms with Gasteiger partial charge in [-0.25, -0.2) is 8.42 Å². The van der Waals surface area contributed by atoms with E-state index in [4.69, 9.17) is 32.7 Å². The number of hydrogen-bond donors (Lipinski definition) is 1. The normalized spacial score (nSPS) is 15.2. The second-order valence-corrected chi connectivity index (χ2v) is 13.0. The molecule has 1 aliphatic heterocycles. The number of esters is 1. The monoisotopic (exact) mass is 669 g/mol. The highest BCUT2D eigenvalue weighted by molar-refractivity contribution is 7.92. The van der Waals surface area contributed by atoms with Crippen molar-refractivity contribution in [1.29, 1.82) is 0 Å². The lowest BCUT2D eigenvalue weighted by Gasteiger charge is -2.23. The molecule has 1 saturated carbocycles. The summed E-state index contributed by atoms with van der Waals surface area (Å²) in [4.78, 5) is 31.4. The number of nitrogens with one attached hydrogen (secondary N) is 1. The van der Waals surface area contributed by atoms with Gasteiger partial charge in [-0.2, -0.15) is 8.78 Å². The number of rotatable bonds is 13. The van der Waals surface area contributed by atoms with Crippen molar-refractivity contribution in [2.24, 2.45) is 5.92 Å². The number of aromatic nitrogens is 1. The quantitative estimate of drug-likeness (QED) is 0.235. The number of carbonyl (C=O) groups is 2. The minimum atomic E-state index is -3.53.